The number of fused-ring (bicyclic) bond motifs is 3. The zero-order chi connectivity index (χ0) is 16.7. The maximum Gasteiger partial charge on any atom is 0.220 e. The maximum absolute atomic E-state index is 12.2. The van der Waals surface area contributed by atoms with Gasteiger partial charge in [-0.3, -0.25) is 9.59 Å². The van der Waals surface area contributed by atoms with Crippen LogP contribution in [0.25, 0.3) is 10.9 Å². The second-order valence-corrected chi connectivity index (χ2v) is 6.03. The Morgan fingerprint density at radius 2 is 2.13 bits per heavy atom. The third-order valence-corrected chi connectivity index (χ3v) is 4.77. The smallest absolute Gasteiger partial charge is 0.220 e. The second kappa shape index (κ2) is 5.72. The predicted octanol–water partition coefficient (Wildman–Crippen LogP) is 3.23. The minimum atomic E-state index is 0.0139. The predicted molar refractivity (Wildman–Crippen MR) is 89.0 cm³/mol. The van der Waals surface area contributed by atoms with Gasteiger partial charge in [0, 0.05) is 42.6 Å². The number of aromatic amines is 1. The lowest BCUT2D eigenvalue weighted by molar-refractivity contribution is -0.131. The topological polar surface area (TPSA) is 62.4 Å². The highest BCUT2D eigenvalue weighted by atomic mass is 16.5. The van der Waals surface area contributed by atoms with Gasteiger partial charge >= 0.3 is 0 Å². The summed E-state index contributed by atoms with van der Waals surface area (Å²) in [6.07, 6.45) is 1.24. The number of aromatic nitrogens is 1. The van der Waals surface area contributed by atoms with Gasteiger partial charge in [0.15, 0.2) is 5.78 Å². The van der Waals surface area contributed by atoms with Gasteiger partial charge in [0.05, 0.1) is 18.7 Å². The molecule has 2 heterocycles. The first kappa shape index (κ1) is 15.6. The van der Waals surface area contributed by atoms with Crippen molar-refractivity contribution in [1.29, 1.82) is 0 Å². The van der Waals surface area contributed by atoms with Crippen LogP contribution in [0.4, 0.5) is 0 Å². The van der Waals surface area contributed by atoms with Crippen molar-refractivity contribution >= 4 is 22.6 Å². The molecular formula is C18H22N2O3. The summed E-state index contributed by atoms with van der Waals surface area (Å²) in [6, 6.07) is 3.84. The molecule has 3 rings (SSSR count). The van der Waals surface area contributed by atoms with Gasteiger partial charge in [0.1, 0.15) is 5.75 Å². The van der Waals surface area contributed by atoms with E-state index < -0.39 is 0 Å². The molecule has 1 amide bonds. The van der Waals surface area contributed by atoms with Gasteiger partial charge in [-0.25, -0.2) is 0 Å². The van der Waals surface area contributed by atoms with E-state index in [1.165, 1.54) is 5.56 Å². The van der Waals surface area contributed by atoms with Crippen molar-refractivity contribution < 1.29 is 14.3 Å². The molecule has 0 aliphatic carbocycles. The number of carbonyl (C=O) groups is 2. The average Bonchev–Trinajstić information content (AvgIpc) is 2.91. The number of methoxy groups -OCH3 is 1. The third-order valence-electron chi connectivity index (χ3n) is 4.77. The molecule has 23 heavy (non-hydrogen) atoms. The van der Waals surface area contributed by atoms with E-state index in [4.69, 9.17) is 4.74 Å². The molecule has 1 aliphatic rings. The van der Waals surface area contributed by atoms with Crippen LogP contribution in [-0.2, 0) is 11.2 Å². The van der Waals surface area contributed by atoms with Crippen molar-refractivity contribution in [2.75, 3.05) is 13.7 Å². The van der Waals surface area contributed by atoms with Crippen molar-refractivity contribution in [3.8, 4) is 5.75 Å². The van der Waals surface area contributed by atoms with Gasteiger partial charge in [-0.05, 0) is 25.0 Å². The third kappa shape index (κ3) is 2.40. The lowest BCUT2D eigenvalue weighted by Gasteiger charge is -2.32. The van der Waals surface area contributed by atoms with E-state index in [0.29, 0.717) is 24.3 Å². The molecular weight excluding hydrogens is 292 g/mol. The molecule has 0 saturated carbocycles. The number of ketones is 1. The summed E-state index contributed by atoms with van der Waals surface area (Å²) in [5.74, 6) is 0.758. The lowest BCUT2D eigenvalue weighted by atomic mass is 9.96. The summed E-state index contributed by atoms with van der Waals surface area (Å²) >= 11 is 0. The average molecular weight is 314 g/mol. The number of benzene rings is 1. The Labute approximate surface area is 135 Å². The number of hydrogen-bond donors (Lipinski definition) is 1. The number of Topliss-reactive ketones (excluding diaryl/α,β-unsaturated/α-hetero) is 1. The number of carbonyl (C=O) groups excluding carboxylic acids is 2. The number of amides is 1. The van der Waals surface area contributed by atoms with Crippen molar-refractivity contribution in [3.63, 3.8) is 0 Å². The van der Waals surface area contributed by atoms with Crippen LogP contribution >= 0.6 is 0 Å². The molecule has 5 heteroatoms. The van der Waals surface area contributed by atoms with Gasteiger partial charge < -0.3 is 14.6 Å². The highest BCUT2D eigenvalue weighted by molar-refractivity contribution is 6.03. The van der Waals surface area contributed by atoms with Gasteiger partial charge in [-0.2, -0.15) is 0 Å². The van der Waals surface area contributed by atoms with Crippen LogP contribution in [0.2, 0.25) is 0 Å². The van der Waals surface area contributed by atoms with Crippen molar-refractivity contribution in [2.24, 2.45) is 0 Å². The molecule has 1 aliphatic heterocycles. The number of nitrogens with zero attached hydrogens (tertiary/aromatic N) is 1. The molecule has 0 saturated heterocycles. The zero-order valence-electron chi connectivity index (χ0n) is 14.0. The van der Waals surface area contributed by atoms with Gasteiger partial charge in [0.25, 0.3) is 0 Å². The van der Waals surface area contributed by atoms with E-state index in [1.54, 1.807) is 14.0 Å². The largest absolute Gasteiger partial charge is 0.496 e. The van der Waals surface area contributed by atoms with Crippen molar-refractivity contribution in [2.45, 2.75) is 39.7 Å². The van der Waals surface area contributed by atoms with Crippen LogP contribution < -0.4 is 4.74 Å². The number of hydrogen-bond acceptors (Lipinski definition) is 3. The minimum Gasteiger partial charge on any atom is -0.496 e. The SMILES string of the molecule is CCC(=O)c1cc2c3c([nH]c2cc1OC)C(C)N(C(C)=O)CC3. The van der Waals surface area contributed by atoms with Crippen LogP contribution in [0.5, 0.6) is 5.75 Å². The van der Waals surface area contributed by atoms with E-state index in [2.05, 4.69) is 4.98 Å². The first-order valence-corrected chi connectivity index (χ1v) is 8.00. The molecule has 122 valence electrons. The molecule has 1 aromatic carbocycles. The summed E-state index contributed by atoms with van der Waals surface area (Å²) in [4.78, 5) is 29.2. The molecule has 0 bridgehead atoms. The summed E-state index contributed by atoms with van der Waals surface area (Å²) < 4.78 is 5.39. The van der Waals surface area contributed by atoms with Gasteiger partial charge in [0.2, 0.25) is 5.91 Å². The molecule has 1 unspecified atom stereocenters. The molecule has 0 fully saturated rings. The summed E-state index contributed by atoms with van der Waals surface area (Å²) in [5.41, 5.74) is 3.85. The van der Waals surface area contributed by atoms with E-state index in [0.717, 1.165) is 23.0 Å². The highest BCUT2D eigenvalue weighted by Gasteiger charge is 2.29. The Bertz CT molecular complexity index is 791. The Morgan fingerprint density at radius 3 is 2.74 bits per heavy atom. The fourth-order valence-corrected chi connectivity index (χ4v) is 3.51. The molecule has 1 N–H and O–H groups in total. The Kier molecular flexibility index (Phi) is 3.88. The molecule has 1 aromatic heterocycles. The first-order chi connectivity index (χ1) is 11.0. The number of ether oxygens (including phenoxy) is 1. The van der Waals surface area contributed by atoms with Crippen LogP contribution in [0, 0.1) is 0 Å². The molecule has 2 aromatic rings. The molecule has 5 nitrogen and oxygen atoms in total. The second-order valence-electron chi connectivity index (χ2n) is 6.03. The van der Waals surface area contributed by atoms with Gasteiger partial charge in [-0.15, -0.1) is 0 Å². The number of H-pyrrole nitrogens is 1. The van der Waals surface area contributed by atoms with Gasteiger partial charge in [-0.1, -0.05) is 6.92 Å². The molecule has 1 atom stereocenters. The summed E-state index contributed by atoms with van der Waals surface area (Å²) in [6.45, 7) is 6.19. The quantitative estimate of drug-likeness (QED) is 0.885. The Balaban J connectivity index is 2.18. The van der Waals surface area contributed by atoms with Crippen LogP contribution in [0.3, 0.4) is 0 Å². The number of nitrogens with one attached hydrogen (secondary N) is 1. The maximum atomic E-state index is 12.2. The first-order valence-electron chi connectivity index (χ1n) is 8.00. The van der Waals surface area contributed by atoms with E-state index in [1.807, 2.05) is 30.9 Å². The standard InChI is InChI=1S/C18H22N2O3/c1-5-16(22)14-8-13-12-6-7-20(11(3)21)10(2)18(12)19-15(13)9-17(14)23-4/h8-10,19H,5-7H2,1-4H3. The summed E-state index contributed by atoms with van der Waals surface area (Å²) in [5, 5.41) is 1.06. The monoisotopic (exact) mass is 314 g/mol. The Morgan fingerprint density at radius 1 is 1.39 bits per heavy atom. The summed E-state index contributed by atoms with van der Waals surface area (Å²) in [7, 11) is 1.58. The fraction of sp³-hybridized carbons (Fsp3) is 0.444. The number of rotatable bonds is 3. The van der Waals surface area contributed by atoms with Crippen molar-refractivity contribution in [3.05, 3.63) is 29.0 Å². The molecule has 0 radical (unpaired) electrons. The van der Waals surface area contributed by atoms with Crippen LogP contribution in [-0.4, -0.2) is 35.2 Å². The van der Waals surface area contributed by atoms with Crippen LogP contribution in [0.1, 0.15) is 54.8 Å². The van der Waals surface area contributed by atoms with Crippen LogP contribution in [0.15, 0.2) is 12.1 Å². The zero-order valence-corrected chi connectivity index (χ0v) is 14.0. The Hall–Kier alpha value is -2.30. The van der Waals surface area contributed by atoms with E-state index in [9.17, 15) is 9.59 Å². The normalized spacial score (nSPS) is 17.2. The van der Waals surface area contributed by atoms with E-state index in [-0.39, 0.29) is 17.7 Å². The van der Waals surface area contributed by atoms with Crippen molar-refractivity contribution in [1.82, 2.24) is 9.88 Å². The van der Waals surface area contributed by atoms with E-state index >= 15 is 0 Å². The minimum absolute atomic E-state index is 0.0139. The molecule has 0 spiro atoms. The fourth-order valence-electron chi connectivity index (χ4n) is 3.51. The lowest BCUT2D eigenvalue weighted by Crippen LogP contribution is -2.37. The highest BCUT2D eigenvalue weighted by Crippen LogP contribution is 2.37.